The van der Waals surface area contributed by atoms with Crippen molar-refractivity contribution in [1.82, 2.24) is 4.72 Å². The summed E-state index contributed by atoms with van der Waals surface area (Å²) in [4.78, 5) is 38.6. The van der Waals surface area contributed by atoms with E-state index in [9.17, 15) is 27.9 Å². The Kier molecular flexibility index (Phi) is 21.7. The molecule has 0 saturated carbocycles. The third-order valence-electron chi connectivity index (χ3n) is 10.2. The number of unbranched alkanes of at least 4 members (excludes halogenated alkanes) is 13. The number of likely N-dealkylation sites (N-methyl/N-ethyl adjacent to an activating group) is 1. The van der Waals surface area contributed by atoms with Crippen LogP contribution in [-0.4, -0.2) is 64.5 Å². The van der Waals surface area contributed by atoms with Crippen LogP contribution in [0.3, 0.4) is 0 Å². The average Bonchev–Trinajstić information content (AvgIpc) is 3.19. The lowest BCUT2D eigenvalue weighted by molar-refractivity contribution is 0.0696. The Labute approximate surface area is 346 Å². The van der Waals surface area contributed by atoms with Crippen molar-refractivity contribution in [2.24, 2.45) is 0 Å². The Morgan fingerprint density at radius 1 is 0.793 bits per heavy atom. The Morgan fingerprint density at radius 2 is 1.41 bits per heavy atom. The number of nitrogens with zero attached hydrogens (tertiary/aromatic N) is 1. The first-order valence-corrected chi connectivity index (χ1v) is 22.9. The normalized spacial score (nSPS) is 11.2. The largest absolute Gasteiger partial charge is 0.478 e. The molecular weight excluding hydrogens is 757 g/mol. The van der Waals surface area contributed by atoms with Gasteiger partial charge in [0, 0.05) is 42.3 Å². The number of carboxylic acids is 1. The summed E-state index contributed by atoms with van der Waals surface area (Å²) in [6, 6.07) is 15.3. The molecule has 12 nitrogen and oxygen atoms in total. The van der Waals surface area contributed by atoms with Crippen molar-refractivity contribution in [3.63, 3.8) is 0 Å². The van der Waals surface area contributed by atoms with Gasteiger partial charge in [0.1, 0.15) is 12.4 Å². The number of hydrogen-bond acceptors (Lipinski definition) is 9. The van der Waals surface area contributed by atoms with E-state index in [2.05, 4.69) is 22.3 Å². The summed E-state index contributed by atoms with van der Waals surface area (Å²) in [6.45, 7) is 7.58. The number of ether oxygens (including phenoxy) is 2. The third-order valence-corrected chi connectivity index (χ3v) is 10.9. The molecule has 0 bridgehead atoms. The number of anilines is 3. The number of benzene rings is 3. The molecule has 0 unspecified atom stereocenters. The number of nitrogens with one attached hydrogen (secondary N) is 3. The van der Waals surface area contributed by atoms with E-state index >= 15 is 0 Å². The van der Waals surface area contributed by atoms with Crippen LogP contribution in [0.25, 0.3) is 0 Å². The monoisotopic (exact) mass is 822 g/mol. The number of aldehydes is 1. The second kappa shape index (κ2) is 26.4. The van der Waals surface area contributed by atoms with Gasteiger partial charge < -0.3 is 24.8 Å². The van der Waals surface area contributed by atoms with E-state index in [4.69, 9.17) is 9.47 Å². The minimum atomic E-state index is -3.28. The predicted molar refractivity (Wildman–Crippen MR) is 234 cm³/mol. The molecule has 3 rings (SSSR count). The predicted octanol–water partition coefficient (Wildman–Crippen LogP) is 10.1. The number of carbonyl (C=O) groups excluding carboxylic acids is 2. The van der Waals surface area contributed by atoms with Crippen LogP contribution >= 0.6 is 0 Å². The van der Waals surface area contributed by atoms with Crippen molar-refractivity contribution in [2.75, 3.05) is 48.2 Å². The van der Waals surface area contributed by atoms with E-state index in [1.807, 2.05) is 43.0 Å². The molecule has 3 aromatic rings. The van der Waals surface area contributed by atoms with Gasteiger partial charge in [-0.1, -0.05) is 90.4 Å². The summed E-state index contributed by atoms with van der Waals surface area (Å²) in [5.74, 6) is -0.558. The number of carboxylic acid groups (broad SMARTS) is 1. The Hall–Kier alpha value is -4.62. The third kappa shape index (κ3) is 18.3. The van der Waals surface area contributed by atoms with Crippen LogP contribution in [0.4, 0.5) is 21.9 Å². The molecule has 320 valence electrons. The second-order valence-corrected chi connectivity index (χ2v) is 16.7. The maximum Gasteiger partial charge on any atom is 0.411 e. The van der Waals surface area contributed by atoms with E-state index in [-0.39, 0.29) is 25.4 Å². The summed E-state index contributed by atoms with van der Waals surface area (Å²) in [5, 5.41) is 15.2. The highest BCUT2D eigenvalue weighted by Gasteiger charge is 2.15. The number of sulfonamides is 1. The van der Waals surface area contributed by atoms with Crippen molar-refractivity contribution < 1.29 is 37.4 Å². The Morgan fingerprint density at radius 3 is 1.97 bits per heavy atom. The molecule has 13 heteroatoms. The summed E-state index contributed by atoms with van der Waals surface area (Å²) in [7, 11) is -3.28. The van der Waals surface area contributed by atoms with Crippen LogP contribution in [-0.2, 0) is 27.8 Å². The van der Waals surface area contributed by atoms with Crippen LogP contribution in [0, 0.1) is 6.92 Å². The summed E-state index contributed by atoms with van der Waals surface area (Å²) < 4.78 is 37.0. The number of carbonyl (C=O) groups is 3. The van der Waals surface area contributed by atoms with Gasteiger partial charge in [0.25, 0.3) is 0 Å². The summed E-state index contributed by atoms with van der Waals surface area (Å²) in [5.41, 5.74) is 5.17. The van der Waals surface area contributed by atoms with Gasteiger partial charge in [-0.05, 0) is 98.0 Å². The van der Waals surface area contributed by atoms with Gasteiger partial charge in [-0.3, -0.25) is 10.1 Å². The van der Waals surface area contributed by atoms with Crippen LogP contribution in [0.15, 0.2) is 54.6 Å². The van der Waals surface area contributed by atoms with Gasteiger partial charge in [0.2, 0.25) is 10.0 Å². The summed E-state index contributed by atoms with van der Waals surface area (Å²) in [6.07, 6.45) is 19.7. The number of amides is 1. The molecule has 58 heavy (non-hydrogen) atoms. The molecule has 3 aromatic carbocycles. The molecule has 4 N–H and O–H groups in total. The average molecular weight is 823 g/mol. The van der Waals surface area contributed by atoms with E-state index in [0.717, 1.165) is 60.6 Å². The van der Waals surface area contributed by atoms with E-state index < -0.39 is 22.1 Å². The minimum Gasteiger partial charge on any atom is -0.478 e. The fourth-order valence-corrected chi connectivity index (χ4v) is 7.30. The first-order valence-electron chi connectivity index (χ1n) is 21.0. The van der Waals surface area contributed by atoms with Gasteiger partial charge in [-0.2, -0.15) is 0 Å². The van der Waals surface area contributed by atoms with Crippen molar-refractivity contribution in [3.8, 4) is 5.75 Å². The topological polar surface area (TPSA) is 163 Å². The first-order chi connectivity index (χ1) is 27.9. The molecule has 0 spiro atoms. The Balaban J connectivity index is 1.60. The Bertz CT molecular complexity index is 1820. The van der Waals surface area contributed by atoms with Crippen LogP contribution in [0.2, 0.25) is 0 Å². The van der Waals surface area contributed by atoms with Gasteiger partial charge in [-0.25, -0.2) is 22.7 Å². The highest BCUT2D eigenvalue weighted by molar-refractivity contribution is 7.88. The van der Waals surface area contributed by atoms with Gasteiger partial charge in [0.05, 0.1) is 11.8 Å². The van der Waals surface area contributed by atoms with Crippen molar-refractivity contribution in [2.45, 2.75) is 124 Å². The van der Waals surface area contributed by atoms with Crippen LogP contribution in [0.5, 0.6) is 5.75 Å². The molecule has 0 heterocycles. The molecule has 0 radical (unpaired) electrons. The number of hydrogen-bond donors (Lipinski definition) is 4. The molecule has 1 amide bonds. The lowest BCUT2D eigenvalue weighted by atomic mass is 9.97. The number of rotatable bonds is 30. The molecule has 0 saturated heterocycles. The van der Waals surface area contributed by atoms with Gasteiger partial charge in [-0.15, -0.1) is 0 Å². The van der Waals surface area contributed by atoms with Gasteiger partial charge in [0.15, 0.2) is 13.0 Å². The van der Waals surface area contributed by atoms with Crippen molar-refractivity contribution in [3.05, 3.63) is 82.4 Å². The molecular formula is C45H66N4O8S. The maximum atomic E-state index is 13.1. The van der Waals surface area contributed by atoms with Crippen LogP contribution in [0.1, 0.15) is 141 Å². The smallest absolute Gasteiger partial charge is 0.411 e. The number of aryl methyl sites for hydroxylation is 2. The first kappa shape index (κ1) is 47.8. The van der Waals surface area contributed by atoms with E-state index in [0.29, 0.717) is 35.8 Å². The SMILES string of the molecule is CCCCCCCCCCCCCCCCc1cc(C=O)c(NCOc2ccc(C(=O)O)cc2)cc1COC(=O)Nc1ccc(N(CC)CCNS(C)(=O)=O)cc1C. The zero-order valence-electron chi connectivity index (χ0n) is 35.1. The molecule has 0 fully saturated rings. The molecule has 0 aromatic heterocycles. The quantitative estimate of drug-likeness (QED) is 0.0289. The molecule has 0 aliphatic carbocycles. The lowest BCUT2D eigenvalue weighted by Crippen LogP contribution is -2.34. The standard InChI is InChI=1S/C45H66N4O8S/c1-5-7-8-9-10-11-12-13-14-15-16-17-18-19-20-37-30-38(32-50)43(46-34-57-41-24-21-36(22-25-41)44(51)52)31-39(37)33-56-45(53)48-42-26-23-40(29-35(42)3)49(6-2)28-27-47-58(4,54)55/h21-26,29-32,46-47H,5-20,27-28,33-34H2,1-4H3,(H,48,53)(H,51,52). The molecule has 0 aliphatic rings. The van der Waals surface area contributed by atoms with E-state index in [1.165, 1.54) is 82.8 Å². The fourth-order valence-electron chi connectivity index (χ4n) is 6.84. The zero-order chi connectivity index (χ0) is 42.2. The van der Waals surface area contributed by atoms with Crippen molar-refractivity contribution in [1.29, 1.82) is 0 Å². The number of aromatic carboxylic acids is 1. The van der Waals surface area contributed by atoms with Crippen LogP contribution < -0.4 is 25.0 Å². The zero-order valence-corrected chi connectivity index (χ0v) is 35.9. The maximum absolute atomic E-state index is 13.1. The lowest BCUT2D eigenvalue weighted by Gasteiger charge is -2.24. The highest BCUT2D eigenvalue weighted by atomic mass is 32.2. The highest BCUT2D eigenvalue weighted by Crippen LogP contribution is 2.26. The fraction of sp³-hybridized carbons (Fsp3) is 0.533. The van der Waals surface area contributed by atoms with E-state index in [1.54, 1.807) is 18.2 Å². The molecule has 0 aliphatic heterocycles. The summed E-state index contributed by atoms with van der Waals surface area (Å²) >= 11 is 0. The van der Waals surface area contributed by atoms with Crippen molar-refractivity contribution >= 4 is 45.4 Å². The van der Waals surface area contributed by atoms with Gasteiger partial charge >= 0.3 is 12.1 Å². The molecule has 0 atom stereocenters. The minimum absolute atomic E-state index is 0.0147. The second-order valence-electron chi connectivity index (χ2n) is 14.9.